The third-order valence-corrected chi connectivity index (χ3v) is 5.12. The molecule has 1 saturated heterocycles. The van der Waals surface area contributed by atoms with Crippen molar-refractivity contribution in [2.75, 3.05) is 20.5 Å². The minimum absolute atomic E-state index is 0.00165. The molecule has 0 aromatic heterocycles. The van der Waals surface area contributed by atoms with Crippen LogP contribution in [0.2, 0.25) is 0 Å². The highest BCUT2D eigenvalue weighted by molar-refractivity contribution is 5.23. The lowest BCUT2D eigenvalue weighted by atomic mass is 9.89. The number of fused-ring (bicyclic) bond motifs is 2. The predicted molar refractivity (Wildman–Crippen MR) is 95.8 cm³/mol. The molecular weight excluding hydrogens is 304 g/mol. The smallest absolute Gasteiger partial charge is 0.147 e. The summed E-state index contributed by atoms with van der Waals surface area (Å²) in [5.41, 5.74) is 3.25. The second kappa shape index (κ2) is 8.95. The van der Waals surface area contributed by atoms with Crippen molar-refractivity contribution >= 4 is 0 Å². The van der Waals surface area contributed by atoms with Gasteiger partial charge in [-0.15, -0.1) is 0 Å². The molecule has 24 heavy (non-hydrogen) atoms. The van der Waals surface area contributed by atoms with Crippen LogP contribution in [0.5, 0.6) is 0 Å². The molecule has 2 bridgehead atoms. The number of hydrogen-bond donors (Lipinski definition) is 1. The highest BCUT2D eigenvalue weighted by atomic mass is 16.7. The molecule has 1 N–H and O–H groups in total. The summed E-state index contributed by atoms with van der Waals surface area (Å²) in [5.74, 6) is 0. The van der Waals surface area contributed by atoms with E-state index in [1.807, 2.05) is 6.08 Å². The largest absolute Gasteiger partial charge is 0.392 e. The Morgan fingerprint density at radius 2 is 2.04 bits per heavy atom. The lowest BCUT2D eigenvalue weighted by Gasteiger charge is -2.29. The predicted octanol–water partition coefficient (Wildman–Crippen LogP) is 3.91. The van der Waals surface area contributed by atoms with E-state index in [0.29, 0.717) is 0 Å². The van der Waals surface area contributed by atoms with Crippen molar-refractivity contribution in [2.45, 2.75) is 70.7 Å². The van der Waals surface area contributed by atoms with Gasteiger partial charge in [0.25, 0.3) is 0 Å². The van der Waals surface area contributed by atoms with E-state index in [9.17, 15) is 5.11 Å². The van der Waals surface area contributed by atoms with Crippen molar-refractivity contribution in [3.63, 3.8) is 0 Å². The molecule has 3 atom stereocenters. The summed E-state index contributed by atoms with van der Waals surface area (Å²) in [4.78, 5) is 0. The first-order valence-electron chi connectivity index (χ1n) is 8.89. The molecule has 0 radical (unpaired) electrons. The van der Waals surface area contributed by atoms with Gasteiger partial charge in [-0.1, -0.05) is 29.4 Å². The molecule has 0 aromatic rings. The average molecular weight is 336 g/mol. The summed E-state index contributed by atoms with van der Waals surface area (Å²) in [5, 5.41) is 9.79. The minimum Gasteiger partial charge on any atom is -0.392 e. The van der Waals surface area contributed by atoms with Crippen molar-refractivity contribution in [3.05, 3.63) is 34.9 Å². The molecule has 136 valence electrons. The molecule has 0 unspecified atom stereocenters. The lowest BCUT2D eigenvalue weighted by molar-refractivity contribution is -0.147. The zero-order chi connectivity index (χ0) is 17.6. The van der Waals surface area contributed by atoms with Gasteiger partial charge in [0.15, 0.2) is 0 Å². The molecule has 0 aliphatic carbocycles. The third kappa shape index (κ3) is 5.03. The van der Waals surface area contributed by atoms with Gasteiger partial charge in [0.1, 0.15) is 6.79 Å². The Hall–Kier alpha value is -0.940. The molecule has 2 rings (SSSR count). The standard InChI is InChI=1S/C20H32O4/c1-15-6-5-7-16(2)9-11-19-20(3,23-14-22-4)12-18(24-19)17(13-21)10-8-15/h7-8,10,18-19,21H,5-6,9,11-14H2,1-4H3/b15-8-,16-7-,17-10+/t18-,19-,20+/m0/s1. The van der Waals surface area contributed by atoms with Crippen molar-refractivity contribution in [2.24, 2.45) is 0 Å². The van der Waals surface area contributed by atoms with Crippen molar-refractivity contribution in [1.82, 2.24) is 0 Å². The Kier molecular flexibility index (Phi) is 7.23. The second-order valence-corrected chi connectivity index (χ2v) is 7.22. The van der Waals surface area contributed by atoms with Crippen LogP contribution < -0.4 is 0 Å². The molecule has 2 aliphatic rings. The molecule has 0 aromatic carbocycles. The van der Waals surface area contributed by atoms with E-state index in [0.717, 1.165) is 37.7 Å². The van der Waals surface area contributed by atoms with Crippen LogP contribution in [-0.4, -0.2) is 43.4 Å². The summed E-state index contributed by atoms with van der Waals surface area (Å²) in [6.07, 6.45) is 11.1. The fourth-order valence-electron chi connectivity index (χ4n) is 3.43. The monoisotopic (exact) mass is 336 g/mol. The molecule has 1 fully saturated rings. The first-order chi connectivity index (χ1) is 11.5. The fraction of sp³-hybridized carbons (Fsp3) is 0.700. The minimum atomic E-state index is -0.391. The van der Waals surface area contributed by atoms with Gasteiger partial charge < -0.3 is 19.3 Å². The van der Waals surface area contributed by atoms with E-state index in [2.05, 4.69) is 32.9 Å². The Balaban J connectivity index is 2.27. The zero-order valence-electron chi connectivity index (χ0n) is 15.5. The number of ether oxygens (including phenoxy) is 3. The summed E-state index contributed by atoms with van der Waals surface area (Å²) in [7, 11) is 1.64. The molecule has 0 saturated carbocycles. The van der Waals surface area contributed by atoms with Crippen LogP contribution in [0.1, 0.15) is 52.9 Å². The van der Waals surface area contributed by atoms with E-state index in [1.54, 1.807) is 7.11 Å². The zero-order valence-corrected chi connectivity index (χ0v) is 15.5. The Morgan fingerprint density at radius 1 is 1.25 bits per heavy atom. The lowest BCUT2D eigenvalue weighted by Crippen LogP contribution is -2.38. The highest BCUT2D eigenvalue weighted by Gasteiger charge is 2.46. The van der Waals surface area contributed by atoms with Gasteiger partial charge in [0, 0.05) is 13.5 Å². The SMILES string of the molecule is COCO[C@]1(C)C[C@@H]2O[C@H]1CC/C(C)=C\CC/C(C)=C\C=C\2CO. The molecular formula is C20H32O4. The summed E-state index contributed by atoms with van der Waals surface area (Å²) >= 11 is 0. The molecule has 4 heteroatoms. The van der Waals surface area contributed by atoms with Crippen molar-refractivity contribution in [1.29, 1.82) is 0 Å². The van der Waals surface area contributed by atoms with Crippen molar-refractivity contribution in [3.8, 4) is 0 Å². The van der Waals surface area contributed by atoms with E-state index in [-0.39, 0.29) is 25.6 Å². The van der Waals surface area contributed by atoms with E-state index >= 15 is 0 Å². The number of aliphatic hydroxyl groups excluding tert-OH is 1. The highest BCUT2D eigenvalue weighted by Crippen LogP contribution is 2.39. The number of hydrogen-bond acceptors (Lipinski definition) is 4. The van der Waals surface area contributed by atoms with Crippen LogP contribution >= 0.6 is 0 Å². The number of aliphatic hydroxyl groups is 1. The number of rotatable bonds is 4. The van der Waals surface area contributed by atoms with E-state index < -0.39 is 5.60 Å². The van der Waals surface area contributed by atoms with Crippen LogP contribution in [0, 0.1) is 0 Å². The van der Waals surface area contributed by atoms with Crippen molar-refractivity contribution < 1.29 is 19.3 Å². The van der Waals surface area contributed by atoms with Gasteiger partial charge in [-0.05, 0) is 52.0 Å². The first-order valence-corrected chi connectivity index (χ1v) is 8.89. The van der Waals surface area contributed by atoms with Gasteiger partial charge in [-0.25, -0.2) is 0 Å². The Labute approximate surface area is 146 Å². The maximum atomic E-state index is 9.79. The summed E-state index contributed by atoms with van der Waals surface area (Å²) < 4.78 is 17.4. The molecule has 2 heterocycles. The van der Waals surface area contributed by atoms with Gasteiger partial charge in [-0.2, -0.15) is 0 Å². The maximum Gasteiger partial charge on any atom is 0.147 e. The quantitative estimate of drug-likeness (QED) is 0.625. The van der Waals surface area contributed by atoms with Crippen LogP contribution in [0.4, 0.5) is 0 Å². The van der Waals surface area contributed by atoms with Crippen LogP contribution in [-0.2, 0) is 14.2 Å². The molecule has 0 amide bonds. The Morgan fingerprint density at radius 3 is 2.75 bits per heavy atom. The van der Waals surface area contributed by atoms with Gasteiger partial charge >= 0.3 is 0 Å². The van der Waals surface area contributed by atoms with Crippen LogP contribution in [0.15, 0.2) is 34.9 Å². The van der Waals surface area contributed by atoms with E-state index in [4.69, 9.17) is 14.2 Å². The third-order valence-electron chi connectivity index (χ3n) is 5.12. The number of methoxy groups -OCH3 is 1. The maximum absolute atomic E-state index is 9.79. The Bertz CT molecular complexity index is 506. The van der Waals surface area contributed by atoms with Crippen LogP contribution in [0.25, 0.3) is 0 Å². The van der Waals surface area contributed by atoms with Gasteiger partial charge in [0.05, 0.1) is 24.4 Å². The molecule has 0 spiro atoms. The van der Waals surface area contributed by atoms with E-state index in [1.165, 1.54) is 11.1 Å². The molecule has 2 aliphatic heterocycles. The van der Waals surface area contributed by atoms with Gasteiger partial charge in [0.2, 0.25) is 0 Å². The summed E-state index contributed by atoms with van der Waals surface area (Å²) in [6.45, 7) is 6.69. The average Bonchev–Trinajstić information content (AvgIpc) is 2.88. The summed E-state index contributed by atoms with van der Waals surface area (Å²) in [6, 6.07) is 0. The normalized spacial score (nSPS) is 38.6. The topological polar surface area (TPSA) is 47.9 Å². The fourth-order valence-corrected chi connectivity index (χ4v) is 3.43. The molecule has 4 nitrogen and oxygen atoms in total. The second-order valence-electron chi connectivity index (χ2n) is 7.22. The van der Waals surface area contributed by atoms with Gasteiger partial charge in [-0.3, -0.25) is 0 Å². The number of allylic oxidation sites excluding steroid dienone is 5. The first kappa shape index (κ1) is 19.4. The van der Waals surface area contributed by atoms with Crippen LogP contribution in [0.3, 0.4) is 0 Å².